The molecule has 0 atom stereocenters. The summed E-state index contributed by atoms with van der Waals surface area (Å²) in [5.74, 6) is -0.137. The van der Waals surface area contributed by atoms with Gasteiger partial charge in [0.2, 0.25) is 0 Å². The first kappa shape index (κ1) is 14.3. The van der Waals surface area contributed by atoms with E-state index >= 15 is 0 Å². The minimum Gasteiger partial charge on any atom is -0.464 e. The van der Waals surface area contributed by atoms with Gasteiger partial charge >= 0.3 is 11.9 Å². The molecule has 1 heterocycles. The number of carbonyl (C=O) groups is 2. The Labute approximate surface area is 107 Å². The second-order valence-electron chi connectivity index (χ2n) is 5.18. The summed E-state index contributed by atoms with van der Waals surface area (Å²) >= 11 is 0. The molecule has 0 N–H and O–H groups in total. The Hall–Kier alpha value is -1.78. The van der Waals surface area contributed by atoms with Gasteiger partial charge in [-0.25, -0.2) is 4.79 Å². The average Bonchev–Trinajstić information content (AvgIpc) is 2.60. The first-order chi connectivity index (χ1) is 8.19. The minimum atomic E-state index is -0.853. The van der Waals surface area contributed by atoms with Crippen molar-refractivity contribution in [1.29, 1.82) is 0 Å². The van der Waals surface area contributed by atoms with E-state index in [4.69, 9.17) is 9.15 Å². The number of nitrogens with zero attached hydrogens (tertiary/aromatic N) is 1. The van der Waals surface area contributed by atoms with E-state index in [0.29, 0.717) is 5.76 Å². The van der Waals surface area contributed by atoms with E-state index in [1.54, 1.807) is 32.9 Å². The molecule has 0 spiro atoms. The molecule has 1 aromatic rings. The van der Waals surface area contributed by atoms with E-state index in [-0.39, 0.29) is 6.54 Å². The summed E-state index contributed by atoms with van der Waals surface area (Å²) in [5, 5.41) is 0. The second kappa shape index (κ2) is 5.25. The van der Waals surface area contributed by atoms with Gasteiger partial charge in [-0.2, -0.15) is 0 Å². The molecule has 0 unspecified atom stereocenters. The highest BCUT2D eigenvalue weighted by atomic mass is 16.6. The molecule has 0 aliphatic rings. The predicted molar refractivity (Wildman–Crippen MR) is 65.8 cm³/mol. The Morgan fingerprint density at radius 2 is 1.94 bits per heavy atom. The molecule has 0 radical (unpaired) electrons. The van der Waals surface area contributed by atoms with Gasteiger partial charge in [0.25, 0.3) is 0 Å². The third-order valence-corrected chi connectivity index (χ3v) is 2.11. The van der Waals surface area contributed by atoms with Gasteiger partial charge in [0.05, 0.1) is 6.54 Å². The van der Waals surface area contributed by atoms with Gasteiger partial charge in [-0.05, 0) is 39.8 Å². The van der Waals surface area contributed by atoms with Gasteiger partial charge in [-0.15, -0.1) is 0 Å². The lowest BCUT2D eigenvalue weighted by Crippen LogP contribution is -2.37. The number of aryl methyl sites for hydroxylation is 1. The van der Waals surface area contributed by atoms with Gasteiger partial charge in [0.1, 0.15) is 17.1 Å². The van der Waals surface area contributed by atoms with Gasteiger partial charge < -0.3 is 14.1 Å². The molecule has 5 nitrogen and oxygen atoms in total. The van der Waals surface area contributed by atoms with Crippen LogP contribution in [0, 0.1) is 6.92 Å². The Balaban J connectivity index is 2.59. The Bertz CT molecular complexity index is 442. The van der Waals surface area contributed by atoms with Crippen LogP contribution in [-0.4, -0.2) is 29.4 Å². The lowest BCUT2D eigenvalue weighted by atomic mass is 10.2. The van der Waals surface area contributed by atoms with Crippen molar-refractivity contribution in [3.63, 3.8) is 0 Å². The number of likely N-dealkylation sites (N-methyl/N-ethyl adjacent to an activating group) is 1. The zero-order valence-electron chi connectivity index (χ0n) is 11.4. The summed E-state index contributed by atoms with van der Waals surface area (Å²) in [4.78, 5) is 24.6. The molecule has 100 valence electrons. The van der Waals surface area contributed by atoms with E-state index in [1.165, 1.54) is 11.9 Å². The number of carbonyl (C=O) groups excluding carboxylic acids is 2. The highest BCUT2D eigenvalue weighted by Gasteiger charge is 2.26. The zero-order valence-corrected chi connectivity index (χ0v) is 11.4. The number of ether oxygens (including phenoxy) is 1. The fourth-order valence-corrected chi connectivity index (χ4v) is 1.35. The Kier molecular flexibility index (Phi) is 4.16. The number of esters is 1. The highest BCUT2D eigenvalue weighted by molar-refractivity contribution is 6.32. The normalized spacial score (nSPS) is 11.2. The molecule has 0 aliphatic carbocycles. The Morgan fingerprint density at radius 1 is 1.33 bits per heavy atom. The standard InChI is InChI=1S/C13H19NO4/c1-9-6-7-10(17-9)8-14(5)11(15)12(16)18-13(2,3)4/h6-7H,8H2,1-5H3. The topological polar surface area (TPSA) is 59.8 Å². The molecule has 5 heteroatoms. The SMILES string of the molecule is Cc1ccc(CN(C)C(=O)C(=O)OC(C)(C)C)o1. The maximum absolute atomic E-state index is 11.7. The predicted octanol–water partition coefficient (Wildman–Crippen LogP) is 1.89. The zero-order chi connectivity index (χ0) is 13.9. The smallest absolute Gasteiger partial charge is 0.397 e. The maximum atomic E-state index is 11.7. The van der Waals surface area contributed by atoms with Crippen molar-refractivity contribution in [2.45, 2.75) is 39.8 Å². The molecule has 1 amide bonds. The number of hydrogen-bond donors (Lipinski definition) is 0. The average molecular weight is 253 g/mol. The molecule has 18 heavy (non-hydrogen) atoms. The van der Waals surface area contributed by atoms with Gasteiger partial charge in [0.15, 0.2) is 0 Å². The molecular weight excluding hydrogens is 234 g/mol. The van der Waals surface area contributed by atoms with E-state index in [1.807, 2.05) is 6.92 Å². The molecular formula is C13H19NO4. The van der Waals surface area contributed by atoms with Crippen LogP contribution < -0.4 is 0 Å². The maximum Gasteiger partial charge on any atom is 0.397 e. The fraction of sp³-hybridized carbons (Fsp3) is 0.538. The third-order valence-electron chi connectivity index (χ3n) is 2.11. The van der Waals surface area contributed by atoms with E-state index in [2.05, 4.69) is 0 Å². The lowest BCUT2D eigenvalue weighted by Gasteiger charge is -2.21. The van der Waals surface area contributed by atoms with Crippen molar-refractivity contribution in [2.24, 2.45) is 0 Å². The van der Waals surface area contributed by atoms with E-state index < -0.39 is 17.5 Å². The van der Waals surface area contributed by atoms with Crippen molar-refractivity contribution in [2.75, 3.05) is 7.05 Å². The molecule has 1 rings (SSSR count). The first-order valence-corrected chi connectivity index (χ1v) is 5.73. The molecule has 0 aliphatic heterocycles. The number of furan rings is 1. The first-order valence-electron chi connectivity index (χ1n) is 5.73. The summed E-state index contributed by atoms with van der Waals surface area (Å²) in [6.07, 6.45) is 0. The van der Waals surface area contributed by atoms with Crippen LogP contribution in [0.5, 0.6) is 0 Å². The molecule has 1 aromatic heterocycles. The summed E-state index contributed by atoms with van der Waals surface area (Å²) in [6.45, 7) is 7.21. The number of rotatable bonds is 2. The Morgan fingerprint density at radius 3 is 2.39 bits per heavy atom. The number of hydrogen-bond acceptors (Lipinski definition) is 4. The van der Waals surface area contributed by atoms with Crippen LogP contribution in [0.15, 0.2) is 16.5 Å². The summed E-state index contributed by atoms with van der Waals surface area (Å²) < 4.78 is 10.3. The summed E-state index contributed by atoms with van der Waals surface area (Å²) in [6, 6.07) is 3.58. The van der Waals surface area contributed by atoms with Crippen LogP contribution in [0.3, 0.4) is 0 Å². The van der Waals surface area contributed by atoms with Crippen molar-refractivity contribution >= 4 is 11.9 Å². The van der Waals surface area contributed by atoms with Crippen LogP contribution in [0.4, 0.5) is 0 Å². The van der Waals surface area contributed by atoms with Crippen molar-refractivity contribution in [3.8, 4) is 0 Å². The number of amides is 1. The van der Waals surface area contributed by atoms with Crippen LogP contribution in [0.1, 0.15) is 32.3 Å². The van der Waals surface area contributed by atoms with Gasteiger partial charge in [0, 0.05) is 7.05 Å². The van der Waals surface area contributed by atoms with E-state index in [9.17, 15) is 9.59 Å². The monoisotopic (exact) mass is 253 g/mol. The molecule has 0 saturated carbocycles. The van der Waals surface area contributed by atoms with Gasteiger partial charge in [-0.1, -0.05) is 0 Å². The third kappa shape index (κ3) is 4.24. The second-order valence-corrected chi connectivity index (χ2v) is 5.18. The molecule has 0 aromatic carbocycles. The van der Waals surface area contributed by atoms with Crippen molar-refractivity contribution in [3.05, 3.63) is 23.7 Å². The lowest BCUT2D eigenvalue weighted by molar-refractivity contribution is -0.167. The van der Waals surface area contributed by atoms with Crippen molar-refractivity contribution in [1.82, 2.24) is 4.90 Å². The van der Waals surface area contributed by atoms with Crippen LogP contribution >= 0.6 is 0 Å². The molecule has 0 saturated heterocycles. The molecule has 0 fully saturated rings. The van der Waals surface area contributed by atoms with Crippen molar-refractivity contribution < 1.29 is 18.7 Å². The fourth-order valence-electron chi connectivity index (χ4n) is 1.35. The van der Waals surface area contributed by atoms with Gasteiger partial charge in [-0.3, -0.25) is 4.79 Å². The largest absolute Gasteiger partial charge is 0.464 e. The summed E-state index contributed by atoms with van der Waals surface area (Å²) in [5.41, 5.74) is -0.672. The van der Waals surface area contributed by atoms with Crippen LogP contribution in [0.2, 0.25) is 0 Å². The van der Waals surface area contributed by atoms with Crippen LogP contribution in [-0.2, 0) is 20.9 Å². The molecule has 0 bridgehead atoms. The summed E-state index contributed by atoms with van der Waals surface area (Å²) in [7, 11) is 1.53. The highest BCUT2D eigenvalue weighted by Crippen LogP contribution is 2.11. The quantitative estimate of drug-likeness (QED) is 0.596. The minimum absolute atomic E-state index is 0.242. The van der Waals surface area contributed by atoms with Crippen LogP contribution in [0.25, 0.3) is 0 Å². The van der Waals surface area contributed by atoms with E-state index in [0.717, 1.165) is 5.76 Å².